The zero-order chi connectivity index (χ0) is 18.9. The van der Waals surface area contributed by atoms with Crippen LogP contribution in [0.1, 0.15) is 12.5 Å². The highest BCUT2D eigenvalue weighted by molar-refractivity contribution is 5.95. The first-order valence-corrected chi connectivity index (χ1v) is 9.23. The van der Waals surface area contributed by atoms with Crippen molar-refractivity contribution in [1.82, 2.24) is 15.1 Å². The summed E-state index contributed by atoms with van der Waals surface area (Å²) in [4.78, 5) is 30.7. The van der Waals surface area contributed by atoms with Gasteiger partial charge in [0.05, 0.1) is 13.1 Å². The number of amides is 2. The molecule has 1 aliphatic heterocycles. The van der Waals surface area contributed by atoms with E-state index in [0.29, 0.717) is 26.2 Å². The molecule has 6 nitrogen and oxygen atoms in total. The Morgan fingerprint density at radius 3 is 2.35 bits per heavy atom. The molecule has 2 amide bonds. The number of benzene rings is 1. The summed E-state index contributed by atoms with van der Waals surface area (Å²) < 4.78 is 0. The second-order valence-electron chi connectivity index (χ2n) is 6.57. The Labute approximate surface area is 156 Å². The minimum absolute atomic E-state index is 0.0196. The van der Waals surface area contributed by atoms with Crippen molar-refractivity contribution >= 4 is 17.5 Å². The summed E-state index contributed by atoms with van der Waals surface area (Å²) >= 11 is 0. The average molecular weight is 358 g/mol. The number of nitrogens with one attached hydrogen (secondary N) is 1. The van der Waals surface area contributed by atoms with Crippen LogP contribution < -0.4 is 10.2 Å². The Kier molecular flexibility index (Phi) is 7.81. The van der Waals surface area contributed by atoms with Crippen molar-refractivity contribution in [3.8, 4) is 0 Å². The lowest BCUT2D eigenvalue weighted by molar-refractivity contribution is -0.123. The van der Waals surface area contributed by atoms with E-state index in [9.17, 15) is 9.59 Å². The van der Waals surface area contributed by atoms with Crippen LogP contribution in [-0.4, -0.2) is 74.0 Å². The van der Waals surface area contributed by atoms with E-state index in [1.54, 1.807) is 6.08 Å². The number of hydrogen-bond donors (Lipinski definition) is 1. The molecule has 26 heavy (non-hydrogen) atoms. The summed E-state index contributed by atoms with van der Waals surface area (Å²) in [7, 11) is 0. The van der Waals surface area contributed by atoms with Gasteiger partial charge in [0.2, 0.25) is 11.8 Å². The lowest BCUT2D eigenvalue weighted by Gasteiger charge is -2.35. The number of carbonyl (C=O) groups is 2. The number of piperazine rings is 1. The van der Waals surface area contributed by atoms with Crippen molar-refractivity contribution in [2.75, 3.05) is 57.3 Å². The molecule has 1 saturated heterocycles. The van der Waals surface area contributed by atoms with Gasteiger partial charge in [-0.1, -0.05) is 24.3 Å². The molecular formula is C20H30N4O2. The van der Waals surface area contributed by atoms with Crippen LogP contribution in [0.4, 0.5) is 5.69 Å². The predicted octanol–water partition coefficient (Wildman–Crippen LogP) is 1.27. The fourth-order valence-corrected chi connectivity index (χ4v) is 3.17. The van der Waals surface area contributed by atoms with Crippen LogP contribution in [0.25, 0.3) is 0 Å². The van der Waals surface area contributed by atoms with E-state index in [1.165, 1.54) is 0 Å². The summed E-state index contributed by atoms with van der Waals surface area (Å²) in [5.41, 5.74) is 2.09. The molecule has 1 aromatic carbocycles. The Balaban J connectivity index is 1.82. The zero-order valence-electron chi connectivity index (χ0n) is 15.9. The third-order valence-electron chi connectivity index (χ3n) is 4.66. The first-order valence-electron chi connectivity index (χ1n) is 9.23. The van der Waals surface area contributed by atoms with Crippen LogP contribution in [-0.2, 0) is 9.59 Å². The lowest BCUT2D eigenvalue weighted by atomic mass is 10.1. The molecule has 0 aliphatic carbocycles. The number of anilines is 1. The topological polar surface area (TPSA) is 55.9 Å². The molecule has 142 valence electrons. The van der Waals surface area contributed by atoms with Crippen molar-refractivity contribution < 1.29 is 9.59 Å². The summed E-state index contributed by atoms with van der Waals surface area (Å²) in [5.74, 6) is 0.144. The molecule has 0 atom stereocenters. The van der Waals surface area contributed by atoms with Crippen molar-refractivity contribution in [3.63, 3.8) is 0 Å². The quantitative estimate of drug-likeness (QED) is 0.711. The largest absolute Gasteiger partial charge is 0.352 e. The normalized spacial score (nSPS) is 15.5. The maximum atomic E-state index is 12.8. The van der Waals surface area contributed by atoms with Gasteiger partial charge in [0.15, 0.2) is 0 Å². The number of carbonyl (C=O) groups excluding carboxylic acids is 2. The molecule has 6 heteroatoms. The molecule has 2 rings (SSSR count). The van der Waals surface area contributed by atoms with Crippen LogP contribution in [0, 0.1) is 6.92 Å². The van der Waals surface area contributed by atoms with E-state index < -0.39 is 0 Å². The zero-order valence-corrected chi connectivity index (χ0v) is 15.9. The van der Waals surface area contributed by atoms with Crippen molar-refractivity contribution in [2.45, 2.75) is 13.8 Å². The highest BCUT2D eigenvalue weighted by atomic mass is 16.2. The van der Waals surface area contributed by atoms with Crippen molar-refractivity contribution in [1.29, 1.82) is 0 Å². The third-order valence-corrected chi connectivity index (χ3v) is 4.66. The van der Waals surface area contributed by atoms with Crippen LogP contribution in [0.3, 0.4) is 0 Å². The predicted molar refractivity (Wildman–Crippen MR) is 105 cm³/mol. The highest BCUT2D eigenvalue weighted by Crippen LogP contribution is 2.19. The second-order valence-corrected chi connectivity index (χ2v) is 6.57. The fraction of sp³-hybridized carbons (Fsp3) is 0.500. The summed E-state index contributed by atoms with van der Waals surface area (Å²) in [6, 6.07) is 7.98. The molecule has 0 aromatic heterocycles. The van der Waals surface area contributed by atoms with E-state index in [1.807, 2.05) is 43.0 Å². The molecule has 0 spiro atoms. The Hall–Kier alpha value is -2.18. The number of para-hydroxylation sites is 1. The molecule has 0 unspecified atom stereocenters. The van der Waals surface area contributed by atoms with E-state index in [4.69, 9.17) is 0 Å². The van der Waals surface area contributed by atoms with Gasteiger partial charge < -0.3 is 10.2 Å². The molecule has 1 N–H and O–H groups in total. The molecule has 0 radical (unpaired) electrons. The SMILES string of the molecule is C=CCNC(=O)CN1CCN(CC(=O)N(CC)c2ccccc2C)CC1. The minimum Gasteiger partial charge on any atom is -0.352 e. The van der Waals surface area contributed by atoms with Gasteiger partial charge in [0, 0.05) is 45.0 Å². The molecule has 1 heterocycles. The standard InChI is InChI=1S/C20H30N4O2/c1-4-10-21-19(25)15-22-11-13-23(14-12-22)16-20(26)24(5-2)18-9-7-6-8-17(18)3/h4,6-9H,1,5,10-16H2,2-3H3,(H,21,25). The first kappa shape index (κ1) is 20.1. The van der Waals surface area contributed by atoms with Crippen molar-refractivity contribution in [2.24, 2.45) is 0 Å². The van der Waals surface area contributed by atoms with Gasteiger partial charge in [-0.15, -0.1) is 6.58 Å². The maximum Gasteiger partial charge on any atom is 0.241 e. The Morgan fingerprint density at radius 1 is 1.15 bits per heavy atom. The van der Waals surface area contributed by atoms with Gasteiger partial charge in [-0.25, -0.2) is 0 Å². The van der Waals surface area contributed by atoms with E-state index in [2.05, 4.69) is 21.7 Å². The second kappa shape index (κ2) is 10.1. The maximum absolute atomic E-state index is 12.8. The number of aryl methyl sites for hydroxylation is 1. The third kappa shape index (κ3) is 5.68. The van der Waals surface area contributed by atoms with Gasteiger partial charge in [0.25, 0.3) is 0 Å². The lowest BCUT2D eigenvalue weighted by Crippen LogP contribution is -2.52. The number of likely N-dealkylation sites (N-methyl/N-ethyl adjacent to an activating group) is 1. The number of hydrogen-bond acceptors (Lipinski definition) is 4. The first-order chi connectivity index (χ1) is 12.5. The Bertz CT molecular complexity index is 624. The van der Waals surface area contributed by atoms with Gasteiger partial charge >= 0.3 is 0 Å². The van der Waals surface area contributed by atoms with Gasteiger partial charge in [0.1, 0.15) is 0 Å². The molecular weight excluding hydrogens is 328 g/mol. The van der Waals surface area contributed by atoms with E-state index >= 15 is 0 Å². The van der Waals surface area contributed by atoms with Crippen LogP contribution in [0.15, 0.2) is 36.9 Å². The summed E-state index contributed by atoms with van der Waals surface area (Å²) in [6.45, 7) is 12.8. The summed E-state index contributed by atoms with van der Waals surface area (Å²) in [5, 5.41) is 2.80. The van der Waals surface area contributed by atoms with Crippen LogP contribution >= 0.6 is 0 Å². The monoisotopic (exact) mass is 358 g/mol. The van der Waals surface area contributed by atoms with Gasteiger partial charge in [-0.3, -0.25) is 19.4 Å². The molecule has 1 aliphatic rings. The molecule has 1 fully saturated rings. The van der Waals surface area contributed by atoms with E-state index in [0.717, 1.165) is 37.4 Å². The molecule has 0 saturated carbocycles. The van der Waals surface area contributed by atoms with Crippen molar-refractivity contribution in [3.05, 3.63) is 42.5 Å². The van der Waals surface area contributed by atoms with Gasteiger partial charge in [-0.2, -0.15) is 0 Å². The van der Waals surface area contributed by atoms with Gasteiger partial charge in [-0.05, 0) is 25.5 Å². The van der Waals surface area contributed by atoms with Crippen LogP contribution in [0.5, 0.6) is 0 Å². The fourth-order valence-electron chi connectivity index (χ4n) is 3.17. The summed E-state index contributed by atoms with van der Waals surface area (Å²) in [6.07, 6.45) is 1.68. The minimum atomic E-state index is 0.0196. The number of rotatable bonds is 8. The van der Waals surface area contributed by atoms with E-state index in [-0.39, 0.29) is 11.8 Å². The molecule has 0 bridgehead atoms. The van der Waals surface area contributed by atoms with Crippen LogP contribution in [0.2, 0.25) is 0 Å². The smallest absolute Gasteiger partial charge is 0.241 e. The molecule has 1 aromatic rings. The highest BCUT2D eigenvalue weighted by Gasteiger charge is 2.23. The average Bonchev–Trinajstić information content (AvgIpc) is 2.64. The number of nitrogens with zero attached hydrogens (tertiary/aromatic N) is 3. The Morgan fingerprint density at radius 2 is 1.77 bits per heavy atom.